The maximum atomic E-state index is 12.7. The summed E-state index contributed by atoms with van der Waals surface area (Å²) in [5.41, 5.74) is 1.77. The summed E-state index contributed by atoms with van der Waals surface area (Å²) in [5.74, 6) is 0.335. The molecule has 4 heteroatoms. The summed E-state index contributed by atoms with van der Waals surface area (Å²) in [6.07, 6.45) is 4.59. The maximum Gasteiger partial charge on any atom is 0.158 e. The Labute approximate surface area is 115 Å². The van der Waals surface area contributed by atoms with Crippen LogP contribution in [0.25, 0.3) is 0 Å². The Morgan fingerprint density at radius 2 is 2.32 bits per heavy atom. The molecular weight excluding hydrogens is 238 g/mol. The van der Waals surface area contributed by atoms with Crippen LogP contribution in [0.15, 0.2) is 6.07 Å². The SMILES string of the molecule is CCCC1(C(=O)Cc2cc(C)nn2CC)CCCN1. The molecule has 0 amide bonds. The highest BCUT2D eigenvalue weighted by Crippen LogP contribution is 2.27. The van der Waals surface area contributed by atoms with Crippen molar-refractivity contribution in [3.63, 3.8) is 0 Å². The number of hydrogen-bond acceptors (Lipinski definition) is 3. The first-order chi connectivity index (χ1) is 9.11. The summed E-state index contributed by atoms with van der Waals surface area (Å²) < 4.78 is 1.95. The van der Waals surface area contributed by atoms with Gasteiger partial charge in [0, 0.05) is 12.2 Å². The zero-order valence-electron chi connectivity index (χ0n) is 12.3. The molecule has 4 nitrogen and oxygen atoms in total. The zero-order chi connectivity index (χ0) is 13.9. The number of nitrogens with one attached hydrogen (secondary N) is 1. The van der Waals surface area contributed by atoms with E-state index in [0.29, 0.717) is 12.2 Å². The third-order valence-electron chi connectivity index (χ3n) is 4.08. The van der Waals surface area contributed by atoms with Gasteiger partial charge in [-0.3, -0.25) is 9.48 Å². The Morgan fingerprint density at radius 3 is 2.89 bits per heavy atom. The molecule has 1 aliphatic heterocycles. The summed E-state index contributed by atoms with van der Waals surface area (Å²) in [7, 11) is 0. The van der Waals surface area contributed by atoms with E-state index in [2.05, 4.69) is 24.3 Å². The third kappa shape index (κ3) is 2.89. The second-order valence-electron chi connectivity index (χ2n) is 5.56. The van der Waals surface area contributed by atoms with Crippen molar-refractivity contribution in [2.24, 2.45) is 0 Å². The first-order valence-corrected chi connectivity index (χ1v) is 7.43. The van der Waals surface area contributed by atoms with Crippen molar-refractivity contribution in [1.82, 2.24) is 15.1 Å². The van der Waals surface area contributed by atoms with Gasteiger partial charge in [-0.15, -0.1) is 0 Å². The van der Waals surface area contributed by atoms with Crippen molar-refractivity contribution in [2.45, 2.75) is 65.0 Å². The lowest BCUT2D eigenvalue weighted by atomic mass is 9.85. The van der Waals surface area contributed by atoms with E-state index < -0.39 is 0 Å². The van der Waals surface area contributed by atoms with Crippen LogP contribution >= 0.6 is 0 Å². The molecule has 106 valence electrons. The monoisotopic (exact) mass is 263 g/mol. The van der Waals surface area contributed by atoms with E-state index in [1.165, 1.54) is 0 Å². The summed E-state index contributed by atoms with van der Waals surface area (Å²) in [5, 5.41) is 7.88. The molecule has 2 heterocycles. The number of rotatable bonds is 6. The van der Waals surface area contributed by atoms with E-state index in [-0.39, 0.29) is 5.54 Å². The zero-order valence-corrected chi connectivity index (χ0v) is 12.3. The van der Waals surface area contributed by atoms with Gasteiger partial charge in [-0.1, -0.05) is 13.3 Å². The predicted molar refractivity (Wildman–Crippen MR) is 76.2 cm³/mol. The summed E-state index contributed by atoms with van der Waals surface area (Å²) in [6, 6.07) is 2.04. The van der Waals surface area contributed by atoms with Crippen LogP contribution in [0, 0.1) is 6.92 Å². The van der Waals surface area contributed by atoms with Gasteiger partial charge in [-0.2, -0.15) is 5.10 Å². The maximum absolute atomic E-state index is 12.7. The predicted octanol–water partition coefficient (Wildman–Crippen LogP) is 2.25. The number of ketones is 1. The second-order valence-corrected chi connectivity index (χ2v) is 5.56. The van der Waals surface area contributed by atoms with Gasteiger partial charge in [-0.05, 0) is 45.7 Å². The fourth-order valence-corrected chi connectivity index (χ4v) is 3.17. The van der Waals surface area contributed by atoms with Gasteiger partial charge in [0.15, 0.2) is 5.78 Å². The van der Waals surface area contributed by atoms with Crippen molar-refractivity contribution < 1.29 is 4.79 Å². The topological polar surface area (TPSA) is 46.9 Å². The van der Waals surface area contributed by atoms with Crippen molar-refractivity contribution >= 4 is 5.78 Å². The molecule has 19 heavy (non-hydrogen) atoms. The number of nitrogens with zero attached hydrogens (tertiary/aromatic N) is 2. The minimum Gasteiger partial charge on any atom is -0.305 e. The van der Waals surface area contributed by atoms with E-state index in [0.717, 1.165) is 50.2 Å². The van der Waals surface area contributed by atoms with Crippen molar-refractivity contribution in [3.05, 3.63) is 17.5 Å². The lowest BCUT2D eigenvalue weighted by Crippen LogP contribution is -2.48. The molecule has 1 N–H and O–H groups in total. The number of aromatic nitrogens is 2. The molecule has 1 aromatic heterocycles. The van der Waals surface area contributed by atoms with E-state index in [1.807, 2.05) is 17.7 Å². The van der Waals surface area contributed by atoms with Crippen LogP contribution in [0.4, 0.5) is 0 Å². The summed E-state index contributed by atoms with van der Waals surface area (Å²) >= 11 is 0. The van der Waals surface area contributed by atoms with Crippen LogP contribution in [0.3, 0.4) is 0 Å². The van der Waals surface area contributed by atoms with Crippen molar-refractivity contribution in [2.75, 3.05) is 6.54 Å². The van der Waals surface area contributed by atoms with Crippen LogP contribution in [0.2, 0.25) is 0 Å². The molecule has 1 aromatic rings. The Hall–Kier alpha value is -1.16. The smallest absolute Gasteiger partial charge is 0.158 e. The Balaban J connectivity index is 2.14. The van der Waals surface area contributed by atoms with Gasteiger partial charge < -0.3 is 5.32 Å². The molecule has 1 saturated heterocycles. The van der Waals surface area contributed by atoms with Crippen LogP contribution in [-0.2, 0) is 17.8 Å². The molecule has 1 unspecified atom stereocenters. The number of hydrogen-bond donors (Lipinski definition) is 1. The van der Waals surface area contributed by atoms with E-state index in [9.17, 15) is 4.79 Å². The lowest BCUT2D eigenvalue weighted by Gasteiger charge is -2.27. The highest BCUT2D eigenvalue weighted by molar-refractivity contribution is 5.90. The van der Waals surface area contributed by atoms with Crippen LogP contribution < -0.4 is 5.32 Å². The molecule has 0 saturated carbocycles. The minimum atomic E-state index is -0.272. The Morgan fingerprint density at radius 1 is 1.53 bits per heavy atom. The summed E-state index contributed by atoms with van der Waals surface area (Å²) in [4.78, 5) is 12.7. The molecule has 0 aliphatic carbocycles. The molecule has 1 aliphatic rings. The average molecular weight is 263 g/mol. The van der Waals surface area contributed by atoms with Gasteiger partial charge in [0.1, 0.15) is 0 Å². The average Bonchev–Trinajstić information content (AvgIpc) is 2.97. The fourth-order valence-electron chi connectivity index (χ4n) is 3.17. The lowest BCUT2D eigenvalue weighted by molar-refractivity contribution is -0.124. The Kier molecular flexibility index (Phi) is 4.40. The molecular formula is C15H25N3O. The molecule has 1 fully saturated rings. The minimum absolute atomic E-state index is 0.272. The quantitative estimate of drug-likeness (QED) is 0.856. The first-order valence-electron chi connectivity index (χ1n) is 7.43. The molecule has 1 atom stereocenters. The van der Waals surface area contributed by atoms with Gasteiger partial charge in [0.2, 0.25) is 0 Å². The van der Waals surface area contributed by atoms with Gasteiger partial charge in [-0.25, -0.2) is 0 Å². The van der Waals surface area contributed by atoms with Gasteiger partial charge in [0.25, 0.3) is 0 Å². The van der Waals surface area contributed by atoms with E-state index in [4.69, 9.17) is 0 Å². The van der Waals surface area contributed by atoms with Crippen LogP contribution in [-0.4, -0.2) is 27.6 Å². The largest absolute Gasteiger partial charge is 0.305 e. The molecule has 0 aromatic carbocycles. The summed E-state index contributed by atoms with van der Waals surface area (Å²) in [6.45, 7) is 7.99. The molecule has 2 rings (SSSR count). The fraction of sp³-hybridized carbons (Fsp3) is 0.733. The highest BCUT2D eigenvalue weighted by atomic mass is 16.1. The van der Waals surface area contributed by atoms with Gasteiger partial charge in [0.05, 0.1) is 17.7 Å². The number of carbonyl (C=O) groups is 1. The molecule has 0 bridgehead atoms. The number of carbonyl (C=O) groups excluding carboxylic acids is 1. The third-order valence-corrected chi connectivity index (χ3v) is 4.08. The molecule has 0 spiro atoms. The van der Waals surface area contributed by atoms with Crippen LogP contribution in [0.1, 0.15) is 50.9 Å². The number of aryl methyl sites for hydroxylation is 2. The van der Waals surface area contributed by atoms with Crippen molar-refractivity contribution in [3.8, 4) is 0 Å². The highest BCUT2D eigenvalue weighted by Gasteiger charge is 2.39. The van der Waals surface area contributed by atoms with E-state index in [1.54, 1.807) is 0 Å². The molecule has 0 radical (unpaired) electrons. The standard InChI is InChI=1S/C15H25N3O/c1-4-7-15(8-6-9-16-15)14(19)11-13-10-12(3)17-18(13)5-2/h10,16H,4-9,11H2,1-3H3. The normalized spacial score (nSPS) is 22.9. The van der Waals surface area contributed by atoms with Crippen molar-refractivity contribution in [1.29, 1.82) is 0 Å². The second kappa shape index (κ2) is 5.87. The first kappa shape index (κ1) is 14.3. The Bertz CT molecular complexity index is 444. The van der Waals surface area contributed by atoms with Crippen LogP contribution in [0.5, 0.6) is 0 Å². The van der Waals surface area contributed by atoms with E-state index >= 15 is 0 Å². The van der Waals surface area contributed by atoms with Gasteiger partial charge >= 0.3 is 0 Å². The number of Topliss-reactive ketones (excluding diaryl/α,β-unsaturated/α-hetero) is 1.